The van der Waals surface area contributed by atoms with Gasteiger partial charge in [-0.1, -0.05) is 22.0 Å². The molecule has 0 aliphatic rings. The van der Waals surface area contributed by atoms with E-state index in [4.69, 9.17) is 0 Å². The summed E-state index contributed by atoms with van der Waals surface area (Å²) in [7, 11) is 0. The second-order valence-corrected chi connectivity index (χ2v) is 6.05. The highest BCUT2D eigenvalue weighted by Crippen LogP contribution is 2.28. The number of nitrogens with one attached hydrogen (secondary N) is 1. The third kappa shape index (κ3) is 3.35. The highest BCUT2D eigenvalue weighted by molar-refractivity contribution is 9.10. The first-order valence-corrected chi connectivity index (χ1v) is 7.33. The SMILES string of the molecule is CC(Nc1cc(F)c(Br)cc1F)c1ccc(Br)cc1F. The highest BCUT2D eigenvalue weighted by atomic mass is 79.9. The maximum absolute atomic E-state index is 13.8. The summed E-state index contributed by atoms with van der Waals surface area (Å²) in [6.45, 7) is 1.67. The Morgan fingerprint density at radius 2 is 1.65 bits per heavy atom. The van der Waals surface area contributed by atoms with Crippen LogP contribution in [0.2, 0.25) is 0 Å². The number of benzene rings is 2. The average molecular weight is 409 g/mol. The van der Waals surface area contributed by atoms with Crippen molar-refractivity contribution in [3.8, 4) is 0 Å². The van der Waals surface area contributed by atoms with Crippen LogP contribution in [0, 0.1) is 17.5 Å². The van der Waals surface area contributed by atoms with Gasteiger partial charge in [0.25, 0.3) is 0 Å². The van der Waals surface area contributed by atoms with E-state index < -0.39 is 23.5 Å². The fraction of sp³-hybridized carbons (Fsp3) is 0.143. The lowest BCUT2D eigenvalue weighted by Gasteiger charge is -2.17. The lowest BCUT2D eigenvalue weighted by Crippen LogP contribution is -2.10. The van der Waals surface area contributed by atoms with E-state index in [1.807, 2.05) is 0 Å². The van der Waals surface area contributed by atoms with Gasteiger partial charge in [-0.25, -0.2) is 13.2 Å². The van der Waals surface area contributed by atoms with Crippen molar-refractivity contribution in [2.24, 2.45) is 0 Å². The summed E-state index contributed by atoms with van der Waals surface area (Å²) < 4.78 is 41.6. The van der Waals surface area contributed by atoms with Crippen LogP contribution >= 0.6 is 31.9 Å². The summed E-state index contributed by atoms with van der Waals surface area (Å²) in [6.07, 6.45) is 0. The van der Waals surface area contributed by atoms with Crippen molar-refractivity contribution in [3.63, 3.8) is 0 Å². The van der Waals surface area contributed by atoms with Gasteiger partial charge in [-0.15, -0.1) is 0 Å². The monoisotopic (exact) mass is 407 g/mol. The molecule has 2 rings (SSSR count). The molecule has 0 radical (unpaired) electrons. The minimum absolute atomic E-state index is 0.0134. The molecule has 20 heavy (non-hydrogen) atoms. The molecule has 0 saturated heterocycles. The molecule has 0 fully saturated rings. The molecule has 0 amide bonds. The third-order valence-corrected chi connectivity index (χ3v) is 3.91. The van der Waals surface area contributed by atoms with Crippen LogP contribution in [0.15, 0.2) is 39.3 Å². The summed E-state index contributed by atoms with van der Waals surface area (Å²) >= 11 is 6.07. The first-order valence-electron chi connectivity index (χ1n) is 5.74. The second kappa shape index (κ2) is 6.18. The average Bonchev–Trinajstić information content (AvgIpc) is 2.35. The zero-order valence-corrected chi connectivity index (χ0v) is 13.5. The Morgan fingerprint density at radius 3 is 2.30 bits per heavy atom. The molecule has 0 aromatic heterocycles. The third-order valence-electron chi connectivity index (χ3n) is 2.81. The van der Waals surface area contributed by atoms with Gasteiger partial charge in [0, 0.05) is 16.1 Å². The van der Waals surface area contributed by atoms with Gasteiger partial charge in [0.05, 0.1) is 16.2 Å². The van der Waals surface area contributed by atoms with Gasteiger partial charge in [-0.3, -0.25) is 0 Å². The predicted octanol–water partition coefficient (Wildman–Crippen LogP) is 5.80. The molecule has 0 aliphatic heterocycles. The number of rotatable bonds is 3. The molecule has 2 aromatic carbocycles. The molecule has 6 heteroatoms. The Balaban J connectivity index is 2.27. The fourth-order valence-corrected chi connectivity index (χ4v) is 2.45. The minimum atomic E-state index is -0.609. The minimum Gasteiger partial charge on any atom is -0.376 e. The maximum atomic E-state index is 13.8. The molecule has 0 saturated carbocycles. The molecule has 1 nitrogen and oxygen atoms in total. The van der Waals surface area contributed by atoms with Crippen molar-refractivity contribution in [2.75, 3.05) is 5.32 Å². The van der Waals surface area contributed by atoms with Gasteiger partial charge < -0.3 is 5.32 Å². The van der Waals surface area contributed by atoms with E-state index in [0.29, 0.717) is 10.0 Å². The summed E-state index contributed by atoms with van der Waals surface area (Å²) in [5.41, 5.74) is 0.358. The maximum Gasteiger partial charge on any atom is 0.147 e. The van der Waals surface area contributed by atoms with Crippen LogP contribution in [0.3, 0.4) is 0 Å². The molecule has 0 heterocycles. The molecule has 1 unspecified atom stereocenters. The number of hydrogen-bond donors (Lipinski definition) is 1. The van der Waals surface area contributed by atoms with Gasteiger partial charge in [0.2, 0.25) is 0 Å². The van der Waals surface area contributed by atoms with Crippen LogP contribution in [0.4, 0.5) is 18.9 Å². The standard InChI is InChI=1S/C14H10Br2F3N/c1-7(9-3-2-8(15)4-11(9)17)20-14-6-12(18)10(16)5-13(14)19/h2-7,20H,1H3. The van der Waals surface area contributed by atoms with Crippen molar-refractivity contribution in [3.05, 3.63) is 62.3 Å². The molecular formula is C14H10Br2F3N. The number of anilines is 1. The van der Waals surface area contributed by atoms with Crippen LogP contribution in [-0.2, 0) is 0 Å². The van der Waals surface area contributed by atoms with Gasteiger partial charge in [-0.2, -0.15) is 0 Å². The van der Waals surface area contributed by atoms with E-state index in [1.54, 1.807) is 19.1 Å². The van der Waals surface area contributed by atoms with Crippen molar-refractivity contribution < 1.29 is 13.2 Å². The van der Waals surface area contributed by atoms with E-state index in [0.717, 1.165) is 12.1 Å². The molecular weight excluding hydrogens is 399 g/mol. The van der Waals surface area contributed by atoms with Gasteiger partial charge in [0.15, 0.2) is 0 Å². The van der Waals surface area contributed by atoms with Crippen LogP contribution < -0.4 is 5.32 Å². The van der Waals surface area contributed by atoms with Crippen molar-refractivity contribution in [1.82, 2.24) is 0 Å². The van der Waals surface area contributed by atoms with Crippen molar-refractivity contribution in [1.29, 1.82) is 0 Å². The molecule has 2 aromatic rings. The number of hydrogen-bond acceptors (Lipinski definition) is 1. The molecule has 0 aliphatic carbocycles. The summed E-state index contributed by atoms with van der Waals surface area (Å²) in [5, 5.41) is 2.76. The summed E-state index contributed by atoms with van der Waals surface area (Å²) in [5.74, 6) is -1.61. The summed E-state index contributed by atoms with van der Waals surface area (Å²) in [4.78, 5) is 0. The van der Waals surface area contributed by atoms with Gasteiger partial charge in [-0.05, 0) is 41.1 Å². The van der Waals surface area contributed by atoms with E-state index in [9.17, 15) is 13.2 Å². The first kappa shape index (κ1) is 15.4. The topological polar surface area (TPSA) is 12.0 Å². The van der Waals surface area contributed by atoms with Gasteiger partial charge >= 0.3 is 0 Å². The quantitative estimate of drug-likeness (QED) is 0.632. The van der Waals surface area contributed by atoms with Crippen LogP contribution in [-0.4, -0.2) is 0 Å². The predicted molar refractivity (Wildman–Crippen MR) is 80.2 cm³/mol. The van der Waals surface area contributed by atoms with E-state index in [1.165, 1.54) is 6.07 Å². The first-order chi connectivity index (χ1) is 9.38. The normalized spacial score (nSPS) is 12.3. The zero-order valence-electron chi connectivity index (χ0n) is 10.4. The Bertz CT molecular complexity index is 647. The molecule has 0 spiro atoms. The second-order valence-electron chi connectivity index (χ2n) is 4.28. The van der Waals surface area contributed by atoms with Gasteiger partial charge in [0.1, 0.15) is 17.5 Å². The lowest BCUT2D eigenvalue weighted by atomic mass is 10.1. The molecule has 0 bridgehead atoms. The lowest BCUT2D eigenvalue weighted by molar-refractivity contribution is 0.587. The van der Waals surface area contributed by atoms with E-state index in [-0.39, 0.29) is 10.2 Å². The molecule has 1 N–H and O–H groups in total. The Kier molecular flexibility index (Phi) is 4.75. The van der Waals surface area contributed by atoms with E-state index >= 15 is 0 Å². The van der Waals surface area contributed by atoms with Crippen LogP contribution in [0.25, 0.3) is 0 Å². The Labute approximate surface area is 131 Å². The number of halogens is 5. The highest BCUT2D eigenvalue weighted by Gasteiger charge is 2.14. The Hall–Kier alpha value is -1.01. The van der Waals surface area contributed by atoms with Crippen molar-refractivity contribution >= 4 is 37.5 Å². The smallest absolute Gasteiger partial charge is 0.147 e. The fourth-order valence-electron chi connectivity index (χ4n) is 1.80. The van der Waals surface area contributed by atoms with Crippen LogP contribution in [0.5, 0.6) is 0 Å². The largest absolute Gasteiger partial charge is 0.376 e. The summed E-state index contributed by atoms with van der Waals surface area (Å²) in [6, 6.07) is 6.17. The van der Waals surface area contributed by atoms with E-state index in [2.05, 4.69) is 37.2 Å². The van der Waals surface area contributed by atoms with Crippen molar-refractivity contribution in [2.45, 2.75) is 13.0 Å². The Morgan fingerprint density at radius 1 is 0.950 bits per heavy atom. The molecule has 1 atom stereocenters. The zero-order chi connectivity index (χ0) is 14.9. The van der Waals surface area contributed by atoms with Crippen LogP contribution in [0.1, 0.15) is 18.5 Å². The molecule has 106 valence electrons.